The summed E-state index contributed by atoms with van der Waals surface area (Å²) in [6.07, 6.45) is 4.85. The standard InChI is InChI=1S/C18H26N2OS2/c1-2-14-6-4-9-20(13-14)18(21)19-16-8-3-7-15(12-16)17-22-10-5-11-23-17/h3,7-8,12,14,17H,2,4-6,9-11,13H2,1H3,(H,19,21)/t14-/m1/s1. The molecular weight excluding hydrogens is 324 g/mol. The lowest BCUT2D eigenvalue weighted by atomic mass is 9.96. The van der Waals surface area contributed by atoms with Gasteiger partial charge >= 0.3 is 6.03 Å². The van der Waals surface area contributed by atoms with E-state index in [9.17, 15) is 4.79 Å². The number of hydrogen-bond donors (Lipinski definition) is 1. The molecule has 3 nitrogen and oxygen atoms in total. The summed E-state index contributed by atoms with van der Waals surface area (Å²) in [7, 11) is 0. The zero-order valence-electron chi connectivity index (χ0n) is 13.8. The van der Waals surface area contributed by atoms with Crippen molar-refractivity contribution in [2.24, 2.45) is 5.92 Å². The van der Waals surface area contributed by atoms with Crippen molar-refractivity contribution in [3.63, 3.8) is 0 Å². The minimum absolute atomic E-state index is 0.0595. The summed E-state index contributed by atoms with van der Waals surface area (Å²) in [4.78, 5) is 14.5. The number of amides is 2. The molecule has 1 aromatic rings. The monoisotopic (exact) mass is 350 g/mol. The molecule has 2 saturated heterocycles. The summed E-state index contributed by atoms with van der Waals surface area (Å²) < 4.78 is 0.514. The topological polar surface area (TPSA) is 32.3 Å². The van der Waals surface area contributed by atoms with E-state index in [1.165, 1.54) is 29.9 Å². The molecule has 3 rings (SSSR count). The van der Waals surface area contributed by atoms with Crippen LogP contribution in [0.3, 0.4) is 0 Å². The van der Waals surface area contributed by atoms with Gasteiger partial charge in [-0.3, -0.25) is 0 Å². The first-order valence-electron chi connectivity index (χ1n) is 8.65. The van der Waals surface area contributed by atoms with Crippen LogP contribution in [0, 0.1) is 5.92 Å². The number of carbonyl (C=O) groups is 1. The average Bonchev–Trinajstić information content (AvgIpc) is 2.63. The molecule has 1 atom stereocenters. The van der Waals surface area contributed by atoms with Crippen molar-refractivity contribution in [2.45, 2.75) is 37.2 Å². The van der Waals surface area contributed by atoms with Gasteiger partial charge in [-0.15, -0.1) is 23.5 Å². The number of nitrogens with one attached hydrogen (secondary N) is 1. The van der Waals surface area contributed by atoms with E-state index in [-0.39, 0.29) is 6.03 Å². The van der Waals surface area contributed by atoms with Gasteiger partial charge < -0.3 is 10.2 Å². The van der Waals surface area contributed by atoms with Crippen LogP contribution in [0.25, 0.3) is 0 Å². The number of carbonyl (C=O) groups excluding carboxylic acids is 1. The molecule has 0 aromatic heterocycles. The molecule has 0 aliphatic carbocycles. The number of nitrogens with zero attached hydrogens (tertiary/aromatic N) is 1. The second-order valence-corrected chi connectivity index (χ2v) is 9.07. The van der Waals surface area contributed by atoms with E-state index < -0.39 is 0 Å². The van der Waals surface area contributed by atoms with Gasteiger partial charge in [-0.25, -0.2) is 4.79 Å². The van der Waals surface area contributed by atoms with Crippen molar-refractivity contribution >= 4 is 35.2 Å². The maximum Gasteiger partial charge on any atom is 0.321 e. The maximum absolute atomic E-state index is 12.5. The van der Waals surface area contributed by atoms with Crippen molar-refractivity contribution in [1.29, 1.82) is 0 Å². The van der Waals surface area contributed by atoms with Crippen LogP contribution in [0.1, 0.15) is 42.8 Å². The Kier molecular flexibility index (Phi) is 6.17. The highest BCUT2D eigenvalue weighted by atomic mass is 32.2. The lowest BCUT2D eigenvalue weighted by Crippen LogP contribution is -2.42. The van der Waals surface area contributed by atoms with E-state index >= 15 is 0 Å². The van der Waals surface area contributed by atoms with Crippen LogP contribution in [0.5, 0.6) is 0 Å². The predicted molar refractivity (Wildman–Crippen MR) is 102 cm³/mol. The maximum atomic E-state index is 12.5. The van der Waals surface area contributed by atoms with Crippen LogP contribution in [0.15, 0.2) is 24.3 Å². The predicted octanol–water partition coefficient (Wildman–Crippen LogP) is 5.21. The minimum atomic E-state index is 0.0595. The highest BCUT2D eigenvalue weighted by Gasteiger charge is 2.23. The van der Waals surface area contributed by atoms with Crippen molar-refractivity contribution in [3.8, 4) is 0 Å². The van der Waals surface area contributed by atoms with Gasteiger partial charge in [0.2, 0.25) is 0 Å². The van der Waals surface area contributed by atoms with Crippen molar-refractivity contribution in [2.75, 3.05) is 29.9 Å². The Morgan fingerprint density at radius 2 is 2.13 bits per heavy atom. The van der Waals surface area contributed by atoms with Gasteiger partial charge in [-0.2, -0.15) is 0 Å². The SMILES string of the molecule is CC[C@@H]1CCCN(C(=O)Nc2cccc(C3SCCCS3)c2)C1. The lowest BCUT2D eigenvalue weighted by molar-refractivity contribution is 0.176. The molecule has 2 amide bonds. The Morgan fingerprint density at radius 3 is 2.91 bits per heavy atom. The van der Waals surface area contributed by atoms with Crippen molar-refractivity contribution < 1.29 is 4.79 Å². The number of rotatable bonds is 3. The molecule has 126 valence electrons. The van der Waals surface area contributed by atoms with Gasteiger partial charge in [-0.1, -0.05) is 25.5 Å². The van der Waals surface area contributed by atoms with E-state index in [1.54, 1.807) is 0 Å². The fraction of sp³-hybridized carbons (Fsp3) is 0.611. The minimum Gasteiger partial charge on any atom is -0.324 e. The Labute approximate surface area is 148 Å². The molecule has 2 aliphatic heterocycles. The number of likely N-dealkylation sites (tertiary alicyclic amines) is 1. The van der Waals surface area contributed by atoms with Gasteiger partial charge in [-0.05, 0) is 54.4 Å². The largest absolute Gasteiger partial charge is 0.324 e. The molecule has 1 N–H and O–H groups in total. The fourth-order valence-electron chi connectivity index (χ4n) is 3.23. The zero-order chi connectivity index (χ0) is 16.1. The quantitative estimate of drug-likeness (QED) is 0.812. The molecule has 5 heteroatoms. The third-order valence-corrected chi connectivity index (χ3v) is 7.64. The Balaban J connectivity index is 1.61. The van der Waals surface area contributed by atoms with Gasteiger partial charge in [0.15, 0.2) is 0 Å². The second kappa shape index (κ2) is 8.34. The number of urea groups is 1. The molecular formula is C18H26N2OS2. The molecule has 0 unspecified atom stereocenters. The van der Waals surface area contributed by atoms with Crippen LogP contribution in [-0.4, -0.2) is 35.5 Å². The number of anilines is 1. The molecule has 0 saturated carbocycles. The summed E-state index contributed by atoms with van der Waals surface area (Å²) in [6.45, 7) is 4.00. The third-order valence-electron chi connectivity index (χ3n) is 4.62. The molecule has 0 spiro atoms. The Hall–Kier alpha value is -0.810. The number of hydrogen-bond acceptors (Lipinski definition) is 3. The molecule has 2 fully saturated rings. The normalized spacial score (nSPS) is 22.8. The molecule has 0 bridgehead atoms. The number of piperidine rings is 1. The number of thioether (sulfide) groups is 2. The smallest absolute Gasteiger partial charge is 0.321 e. The van der Waals surface area contributed by atoms with E-state index in [0.29, 0.717) is 10.5 Å². The lowest BCUT2D eigenvalue weighted by Gasteiger charge is -2.32. The van der Waals surface area contributed by atoms with E-state index in [0.717, 1.165) is 31.6 Å². The molecule has 2 aliphatic rings. The van der Waals surface area contributed by atoms with Crippen molar-refractivity contribution in [1.82, 2.24) is 4.90 Å². The van der Waals surface area contributed by atoms with E-state index in [4.69, 9.17) is 0 Å². The van der Waals surface area contributed by atoms with Gasteiger partial charge in [0.1, 0.15) is 0 Å². The average molecular weight is 351 g/mol. The molecule has 0 radical (unpaired) electrons. The van der Waals surface area contributed by atoms with Crippen molar-refractivity contribution in [3.05, 3.63) is 29.8 Å². The first kappa shape index (κ1) is 17.0. The van der Waals surface area contributed by atoms with E-state index in [2.05, 4.69) is 30.4 Å². The summed E-state index contributed by atoms with van der Waals surface area (Å²) in [6, 6.07) is 8.45. The fourth-order valence-corrected chi connectivity index (χ4v) is 6.10. The highest BCUT2D eigenvalue weighted by Crippen LogP contribution is 2.44. The molecule has 1 aromatic carbocycles. The summed E-state index contributed by atoms with van der Waals surface area (Å²) in [5, 5.41) is 3.10. The highest BCUT2D eigenvalue weighted by molar-refractivity contribution is 8.16. The Morgan fingerprint density at radius 1 is 1.30 bits per heavy atom. The van der Waals surface area contributed by atoms with Crippen LogP contribution < -0.4 is 5.32 Å². The number of benzene rings is 1. The first-order valence-corrected chi connectivity index (χ1v) is 10.7. The van der Waals surface area contributed by atoms with Gasteiger partial charge in [0.25, 0.3) is 0 Å². The van der Waals surface area contributed by atoms with Crippen LogP contribution in [0.2, 0.25) is 0 Å². The second-order valence-electron chi connectivity index (χ2n) is 6.35. The summed E-state index contributed by atoms with van der Waals surface area (Å²) in [5.41, 5.74) is 2.25. The van der Waals surface area contributed by atoms with Crippen LogP contribution in [0.4, 0.5) is 10.5 Å². The van der Waals surface area contributed by atoms with Gasteiger partial charge in [0, 0.05) is 18.8 Å². The first-order chi connectivity index (χ1) is 11.3. The Bertz CT molecular complexity index is 532. The van der Waals surface area contributed by atoms with Crippen LogP contribution in [-0.2, 0) is 0 Å². The van der Waals surface area contributed by atoms with E-state index in [1.807, 2.05) is 34.5 Å². The van der Waals surface area contributed by atoms with Gasteiger partial charge in [0.05, 0.1) is 4.58 Å². The molecule has 2 heterocycles. The summed E-state index contributed by atoms with van der Waals surface area (Å²) in [5.74, 6) is 3.14. The van der Waals surface area contributed by atoms with Crippen LogP contribution >= 0.6 is 23.5 Å². The summed E-state index contributed by atoms with van der Waals surface area (Å²) >= 11 is 4.03. The third kappa shape index (κ3) is 4.60. The molecule has 23 heavy (non-hydrogen) atoms. The zero-order valence-corrected chi connectivity index (χ0v) is 15.4.